The summed E-state index contributed by atoms with van der Waals surface area (Å²) in [6.45, 7) is 0.521. The van der Waals surface area contributed by atoms with Gasteiger partial charge in [-0.3, -0.25) is 4.79 Å². The molecule has 7 nitrogen and oxygen atoms in total. The third kappa shape index (κ3) is 5.96. The van der Waals surface area contributed by atoms with Crippen molar-refractivity contribution in [3.05, 3.63) is 72.1 Å². The van der Waals surface area contributed by atoms with Gasteiger partial charge in [-0.15, -0.1) is 10.2 Å². The number of nitrogens with one attached hydrogen (secondary N) is 1. The minimum absolute atomic E-state index is 0.206. The second-order valence-corrected chi connectivity index (χ2v) is 6.59. The molecule has 0 spiro atoms. The van der Waals surface area contributed by atoms with Crippen LogP contribution in [0.1, 0.15) is 11.1 Å². The van der Waals surface area contributed by atoms with E-state index in [1.54, 1.807) is 17.1 Å². The number of hydrogen-bond donors (Lipinski definition) is 1. The molecule has 27 heavy (non-hydrogen) atoms. The molecule has 0 atom stereocenters. The molecule has 8 heteroatoms. The normalized spacial score (nSPS) is 10.9. The molecule has 138 valence electrons. The van der Waals surface area contributed by atoms with Gasteiger partial charge >= 0.3 is 0 Å². The van der Waals surface area contributed by atoms with Gasteiger partial charge in [0, 0.05) is 7.05 Å². The molecule has 2 aromatic carbocycles. The number of aromatic nitrogens is 3. The zero-order chi connectivity index (χ0) is 18.9. The Bertz CT molecular complexity index is 894. The van der Waals surface area contributed by atoms with Gasteiger partial charge in [0.25, 0.3) is 5.91 Å². The number of nitrogens with zero attached hydrogens (tertiary/aromatic N) is 4. The van der Waals surface area contributed by atoms with E-state index in [9.17, 15) is 4.79 Å². The second kappa shape index (κ2) is 9.54. The average Bonchev–Trinajstić information content (AvgIpc) is 3.11. The smallest absolute Gasteiger partial charge is 0.250 e. The number of carbonyl (C=O) groups excluding carboxylic acids is 1. The lowest BCUT2D eigenvalue weighted by molar-refractivity contribution is -0.118. The third-order valence-electron chi connectivity index (χ3n) is 3.53. The summed E-state index contributed by atoms with van der Waals surface area (Å²) >= 11 is 1.30. The van der Waals surface area contributed by atoms with E-state index < -0.39 is 0 Å². The number of rotatable bonds is 8. The van der Waals surface area contributed by atoms with Crippen molar-refractivity contribution < 1.29 is 9.53 Å². The Morgan fingerprint density at radius 1 is 1.22 bits per heavy atom. The maximum Gasteiger partial charge on any atom is 0.250 e. The van der Waals surface area contributed by atoms with Crippen LogP contribution in [0.15, 0.2) is 71.2 Å². The van der Waals surface area contributed by atoms with Crippen molar-refractivity contribution in [3.8, 4) is 5.75 Å². The fourth-order valence-corrected chi connectivity index (χ4v) is 2.82. The summed E-state index contributed by atoms with van der Waals surface area (Å²) in [7, 11) is 1.83. The van der Waals surface area contributed by atoms with Gasteiger partial charge in [-0.1, -0.05) is 42.1 Å². The molecule has 0 aliphatic carbocycles. The Kier molecular flexibility index (Phi) is 6.59. The molecule has 1 N–H and O–H groups in total. The number of carbonyl (C=O) groups is 1. The first kappa shape index (κ1) is 18.7. The predicted molar refractivity (Wildman–Crippen MR) is 105 cm³/mol. The van der Waals surface area contributed by atoms with E-state index in [4.69, 9.17) is 4.74 Å². The van der Waals surface area contributed by atoms with Crippen molar-refractivity contribution >= 4 is 23.9 Å². The monoisotopic (exact) mass is 381 g/mol. The van der Waals surface area contributed by atoms with Gasteiger partial charge in [0.1, 0.15) is 18.7 Å². The molecule has 1 amide bonds. The van der Waals surface area contributed by atoms with E-state index in [2.05, 4.69) is 20.7 Å². The Balaban J connectivity index is 1.42. The van der Waals surface area contributed by atoms with Crippen molar-refractivity contribution in [2.24, 2.45) is 12.1 Å². The Labute approximate surface area is 161 Å². The van der Waals surface area contributed by atoms with Crippen LogP contribution < -0.4 is 10.2 Å². The highest BCUT2D eigenvalue weighted by molar-refractivity contribution is 7.99. The van der Waals surface area contributed by atoms with E-state index in [1.807, 2.05) is 61.6 Å². The minimum Gasteiger partial charge on any atom is -0.489 e. The second-order valence-electron chi connectivity index (χ2n) is 5.65. The van der Waals surface area contributed by atoms with E-state index in [-0.39, 0.29) is 11.7 Å². The summed E-state index contributed by atoms with van der Waals surface area (Å²) in [5.41, 5.74) is 4.48. The fraction of sp³-hybridized carbons (Fsp3) is 0.158. The van der Waals surface area contributed by atoms with Gasteiger partial charge in [0.2, 0.25) is 0 Å². The van der Waals surface area contributed by atoms with E-state index in [1.165, 1.54) is 11.8 Å². The number of aryl methyl sites for hydroxylation is 1. The van der Waals surface area contributed by atoms with Crippen molar-refractivity contribution in [2.45, 2.75) is 11.8 Å². The third-order valence-corrected chi connectivity index (χ3v) is 4.57. The first-order chi connectivity index (χ1) is 13.2. The number of benzene rings is 2. The first-order valence-electron chi connectivity index (χ1n) is 8.26. The van der Waals surface area contributed by atoms with Gasteiger partial charge in [-0.25, -0.2) is 5.43 Å². The molecule has 0 aliphatic heterocycles. The highest BCUT2D eigenvalue weighted by Crippen LogP contribution is 2.14. The summed E-state index contributed by atoms with van der Waals surface area (Å²) in [4.78, 5) is 11.8. The fourth-order valence-electron chi connectivity index (χ4n) is 2.14. The van der Waals surface area contributed by atoms with Crippen molar-refractivity contribution in [3.63, 3.8) is 0 Å². The van der Waals surface area contributed by atoms with Crippen molar-refractivity contribution in [2.75, 3.05) is 5.75 Å². The Morgan fingerprint density at radius 2 is 2.00 bits per heavy atom. The van der Waals surface area contributed by atoms with Gasteiger partial charge in [-0.05, 0) is 35.4 Å². The lowest BCUT2D eigenvalue weighted by atomic mass is 10.2. The number of amides is 1. The highest BCUT2D eigenvalue weighted by Gasteiger charge is 2.05. The van der Waals surface area contributed by atoms with Crippen LogP contribution in [0.3, 0.4) is 0 Å². The molecular weight excluding hydrogens is 362 g/mol. The lowest BCUT2D eigenvalue weighted by Crippen LogP contribution is -2.19. The van der Waals surface area contributed by atoms with Crippen LogP contribution in [0, 0.1) is 0 Å². The number of ether oxygens (including phenoxy) is 1. The van der Waals surface area contributed by atoms with Crippen molar-refractivity contribution in [1.82, 2.24) is 20.2 Å². The van der Waals surface area contributed by atoms with Crippen LogP contribution in [-0.4, -0.2) is 32.6 Å². The molecule has 3 rings (SSSR count). The molecule has 0 fully saturated rings. The van der Waals surface area contributed by atoms with E-state index in [0.29, 0.717) is 11.8 Å². The van der Waals surface area contributed by atoms with Crippen molar-refractivity contribution in [1.29, 1.82) is 0 Å². The summed E-state index contributed by atoms with van der Waals surface area (Å²) < 4.78 is 7.49. The zero-order valence-corrected chi connectivity index (χ0v) is 15.6. The zero-order valence-electron chi connectivity index (χ0n) is 14.8. The maximum absolute atomic E-state index is 11.8. The molecule has 0 radical (unpaired) electrons. The summed E-state index contributed by atoms with van der Waals surface area (Å²) in [6.07, 6.45) is 3.18. The standard InChI is InChI=1S/C19H19N5O2S/c1-24-14-21-23-19(24)27-13-18(25)22-20-11-15-7-9-17(10-8-15)26-12-16-5-3-2-4-6-16/h2-11,14H,12-13H2,1H3,(H,22,25)/b20-11+. The van der Waals surface area contributed by atoms with E-state index >= 15 is 0 Å². The lowest BCUT2D eigenvalue weighted by Gasteiger charge is -2.06. The van der Waals surface area contributed by atoms with Crippen LogP contribution in [0.2, 0.25) is 0 Å². The Morgan fingerprint density at radius 3 is 2.70 bits per heavy atom. The Hall–Kier alpha value is -3.13. The number of thioether (sulfide) groups is 1. The molecule has 0 aliphatic rings. The van der Waals surface area contributed by atoms with Gasteiger partial charge in [-0.2, -0.15) is 5.10 Å². The van der Waals surface area contributed by atoms with Crippen LogP contribution in [-0.2, 0) is 18.4 Å². The summed E-state index contributed by atoms with van der Waals surface area (Å²) in [5.74, 6) is 0.790. The van der Waals surface area contributed by atoms with Gasteiger partial charge in [0.05, 0.1) is 12.0 Å². The molecule has 3 aromatic rings. The van der Waals surface area contributed by atoms with Crippen LogP contribution >= 0.6 is 11.8 Å². The summed E-state index contributed by atoms with van der Waals surface area (Å²) in [5, 5.41) is 12.3. The quantitative estimate of drug-likeness (QED) is 0.369. The number of hydrazone groups is 1. The van der Waals surface area contributed by atoms with Gasteiger partial charge in [0.15, 0.2) is 5.16 Å². The van der Waals surface area contributed by atoms with Crippen LogP contribution in [0.4, 0.5) is 0 Å². The van der Waals surface area contributed by atoms with Crippen LogP contribution in [0.5, 0.6) is 5.75 Å². The average molecular weight is 381 g/mol. The molecule has 0 saturated carbocycles. The predicted octanol–water partition coefficient (Wildman–Crippen LogP) is 2.64. The SMILES string of the molecule is Cn1cnnc1SCC(=O)N/N=C/c1ccc(OCc2ccccc2)cc1. The minimum atomic E-state index is -0.206. The molecule has 0 saturated heterocycles. The maximum atomic E-state index is 11.8. The topological polar surface area (TPSA) is 81.4 Å². The van der Waals surface area contributed by atoms with Gasteiger partial charge < -0.3 is 9.30 Å². The number of hydrogen-bond acceptors (Lipinski definition) is 6. The largest absolute Gasteiger partial charge is 0.489 e. The first-order valence-corrected chi connectivity index (χ1v) is 9.25. The molecule has 0 unspecified atom stereocenters. The highest BCUT2D eigenvalue weighted by atomic mass is 32.2. The van der Waals surface area contributed by atoms with E-state index in [0.717, 1.165) is 16.9 Å². The molecule has 0 bridgehead atoms. The molecule has 1 aromatic heterocycles. The van der Waals surface area contributed by atoms with Crippen LogP contribution in [0.25, 0.3) is 0 Å². The molecule has 1 heterocycles. The summed E-state index contributed by atoms with van der Waals surface area (Å²) in [6, 6.07) is 17.5. The molecular formula is C19H19N5O2S.